The van der Waals surface area contributed by atoms with Crippen LogP contribution >= 0.6 is 11.3 Å². The third-order valence-corrected chi connectivity index (χ3v) is 14.1. The van der Waals surface area contributed by atoms with Gasteiger partial charge < -0.3 is 0 Å². The van der Waals surface area contributed by atoms with Gasteiger partial charge in [-0.2, -0.15) is 0 Å². The maximum atomic E-state index is 5.26. The molecule has 62 heavy (non-hydrogen) atoms. The van der Waals surface area contributed by atoms with E-state index < -0.39 is 5.41 Å². The molecule has 0 atom stereocenters. The molecule has 2 aliphatic carbocycles. The van der Waals surface area contributed by atoms with Crippen LogP contribution in [-0.4, -0.2) is 15.0 Å². The highest BCUT2D eigenvalue weighted by Gasteiger charge is 2.52. The maximum absolute atomic E-state index is 5.26. The van der Waals surface area contributed by atoms with Crippen LogP contribution in [0.3, 0.4) is 0 Å². The maximum Gasteiger partial charge on any atom is 0.164 e. The molecule has 0 N–H and O–H groups in total. The molecule has 0 saturated carbocycles. The first-order chi connectivity index (χ1) is 30.7. The van der Waals surface area contributed by atoms with Crippen molar-refractivity contribution in [1.29, 1.82) is 0 Å². The van der Waals surface area contributed by atoms with E-state index in [9.17, 15) is 0 Å². The zero-order valence-electron chi connectivity index (χ0n) is 33.5. The third-order valence-electron chi connectivity index (χ3n) is 13.0. The van der Waals surface area contributed by atoms with E-state index in [2.05, 4.69) is 194 Å². The molecular weight excluding hydrogens is 771 g/mol. The molecule has 2 heterocycles. The summed E-state index contributed by atoms with van der Waals surface area (Å²) in [7, 11) is 0. The Balaban J connectivity index is 0.960. The fourth-order valence-corrected chi connectivity index (χ4v) is 11.4. The number of fused-ring (bicyclic) bond motifs is 13. The average molecular weight is 806 g/mol. The Morgan fingerprint density at radius 2 is 0.758 bits per heavy atom. The molecule has 288 valence electrons. The van der Waals surface area contributed by atoms with Crippen LogP contribution in [0.15, 0.2) is 212 Å². The minimum absolute atomic E-state index is 0.434. The van der Waals surface area contributed by atoms with Gasteiger partial charge in [0, 0.05) is 36.9 Å². The van der Waals surface area contributed by atoms with E-state index in [0.29, 0.717) is 17.5 Å². The first-order valence-electron chi connectivity index (χ1n) is 21.1. The van der Waals surface area contributed by atoms with Crippen LogP contribution in [0.2, 0.25) is 0 Å². The lowest BCUT2D eigenvalue weighted by atomic mass is 9.68. The second-order valence-electron chi connectivity index (χ2n) is 16.2. The molecular formula is C58H35N3S. The monoisotopic (exact) mass is 805 g/mol. The van der Waals surface area contributed by atoms with Gasteiger partial charge in [-0.05, 0) is 85.0 Å². The van der Waals surface area contributed by atoms with Crippen molar-refractivity contribution in [2.75, 3.05) is 0 Å². The van der Waals surface area contributed by atoms with Crippen molar-refractivity contribution in [2.45, 2.75) is 5.41 Å². The predicted octanol–water partition coefficient (Wildman–Crippen LogP) is 14.9. The summed E-state index contributed by atoms with van der Waals surface area (Å²) >= 11 is 1.83. The van der Waals surface area contributed by atoms with Crippen molar-refractivity contribution in [3.8, 4) is 78.7 Å². The van der Waals surface area contributed by atoms with Gasteiger partial charge in [0.1, 0.15) is 0 Å². The van der Waals surface area contributed by atoms with Gasteiger partial charge in [-0.1, -0.05) is 194 Å². The lowest BCUT2D eigenvalue weighted by Crippen LogP contribution is -2.26. The van der Waals surface area contributed by atoms with Crippen LogP contribution in [0.1, 0.15) is 22.3 Å². The lowest BCUT2D eigenvalue weighted by Gasteiger charge is -2.32. The Morgan fingerprint density at radius 3 is 1.45 bits per heavy atom. The normalized spacial score (nSPS) is 13.0. The predicted molar refractivity (Wildman–Crippen MR) is 256 cm³/mol. The van der Waals surface area contributed by atoms with Crippen molar-refractivity contribution in [3.63, 3.8) is 0 Å². The first kappa shape index (κ1) is 35.0. The molecule has 11 aromatic rings. The second kappa shape index (κ2) is 13.6. The van der Waals surface area contributed by atoms with Gasteiger partial charge >= 0.3 is 0 Å². The summed E-state index contributed by atoms with van der Waals surface area (Å²) in [6, 6.07) is 76.8. The SMILES string of the molecule is c1ccc(-c2nc(-c3ccc(-c4cccc5c4C4(c6ccccc6-c6ccccc64)c4ccccc4-5)cc3)nc(-c3ccccc3-c3ccc4sc5ccccc5c4c3)n2)cc1. The van der Waals surface area contributed by atoms with E-state index in [0.717, 1.165) is 33.4 Å². The van der Waals surface area contributed by atoms with Crippen molar-refractivity contribution in [3.05, 3.63) is 235 Å². The van der Waals surface area contributed by atoms with Gasteiger partial charge in [0.05, 0.1) is 5.41 Å². The van der Waals surface area contributed by atoms with E-state index in [1.165, 1.54) is 70.2 Å². The summed E-state index contributed by atoms with van der Waals surface area (Å²) in [6.07, 6.45) is 0. The van der Waals surface area contributed by atoms with Gasteiger partial charge in [-0.3, -0.25) is 0 Å². The molecule has 0 radical (unpaired) electrons. The van der Waals surface area contributed by atoms with E-state index in [4.69, 9.17) is 15.0 Å². The van der Waals surface area contributed by atoms with Crippen molar-refractivity contribution in [2.24, 2.45) is 0 Å². The van der Waals surface area contributed by atoms with E-state index >= 15 is 0 Å². The molecule has 0 amide bonds. The third kappa shape index (κ3) is 5.08. The first-order valence-corrected chi connectivity index (χ1v) is 21.9. The van der Waals surface area contributed by atoms with Crippen LogP contribution in [0.25, 0.3) is 98.8 Å². The van der Waals surface area contributed by atoms with E-state index in [1.807, 2.05) is 29.5 Å². The zero-order valence-corrected chi connectivity index (χ0v) is 34.3. The standard InChI is InChI=1S/C58H35N3S/c1-2-15-37(16-3-1)55-59-56(61-57(60-55)47-22-5-4-17-40(47)39-33-34-53-48(35-39)45-21-9-13-28-52(45)62-53)38-31-29-36(30-32-38)41-23-14-24-46-44-20-8-12-27-51(44)58(54(41)46)49-25-10-6-18-42(49)43-19-7-11-26-50(43)58/h1-35H. The molecule has 2 aliphatic rings. The fourth-order valence-electron chi connectivity index (χ4n) is 10.4. The number of hydrogen-bond acceptors (Lipinski definition) is 4. The van der Waals surface area contributed by atoms with Gasteiger partial charge in [0.15, 0.2) is 17.5 Å². The lowest BCUT2D eigenvalue weighted by molar-refractivity contribution is 0.796. The summed E-state index contributed by atoms with van der Waals surface area (Å²) in [4.78, 5) is 15.6. The zero-order chi connectivity index (χ0) is 40.8. The molecule has 3 nitrogen and oxygen atoms in total. The molecule has 0 saturated heterocycles. The topological polar surface area (TPSA) is 38.7 Å². The Bertz CT molecular complexity index is 3520. The van der Waals surface area contributed by atoms with Crippen LogP contribution in [0, 0.1) is 0 Å². The molecule has 13 rings (SSSR count). The minimum Gasteiger partial charge on any atom is -0.208 e. The number of aromatic nitrogens is 3. The van der Waals surface area contributed by atoms with Gasteiger partial charge in [0.2, 0.25) is 0 Å². The number of benzene rings is 9. The summed E-state index contributed by atoms with van der Waals surface area (Å²) in [6.45, 7) is 0. The average Bonchev–Trinajstić information content (AvgIpc) is 3.98. The molecule has 0 unspecified atom stereocenters. The summed E-state index contributed by atoms with van der Waals surface area (Å²) in [5.74, 6) is 1.92. The second-order valence-corrected chi connectivity index (χ2v) is 17.3. The Labute approximate surface area is 363 Å². The van der Waals surface area contributed by atoms with Crippen molar-refractivity contribution < 1.29 is 0 Å². The molecule has 0 bridgehead atoms. The number of nitrogens with zero attached hydrogens (tertiary/aromatic N) is 3. The fraction of sp³-hybridized carbons (Fsp3) is 0.0172. The molecule has 0 fully saturated rings. The van der Waals surface area contributed by atoms with Crippen LogP contribution in [0.5, 0.6) is 0 Å². The molecule has 1 spiro atoms. The Morgan fingerprint density at radius 1 is 0.290 bits per heavy atom. The highest BCUT2D eigenvalue weighted by atomic mass is 32.1. The van der Waals surface area contributed by atoms with Crippen LogP contribution < -0.4 is 0 Å². The minimum atomic E-state index is -0.434. The molecule has 9 aromatic carbocycles. The van der Waals surface area contributed by atoms with Crippen molar-refractivity contribution in [1.82, 2.24) is 15.0 Å². The summed E-state index contributed by atoms with van der Waals surface area (Å²) < 4.78 is 2.58. The number of thiophene rings is 1. The smallest absolute Gasteiger partial charge is 0.164 e. The van der Waals surface area contributed by atoms with Crippen LogP contribution in [0.4, 0.5) is 0 Å². The molecule has 0 aliphatic heterocycles. The summed E-state index contributed by atoms with van der Waals surface area (Å²) in [5, 5.41) is 2.54. The van der Waals surface area contributed by atoms with Gasteiger partial charge in [-0.25, -0.2) is 15.0 Å². The largest absolute Gasteiger partial charge is 0.208 e. The van der Waals surface area contributed by atoms with Gasteiger partial charge in [0.25, 0.3) is 0 Å². The number of rotatable bonds is 5. The van der Waals surface area contributed by atoms with E-state index in [-0.39, 0.29) is 0 Å². The van der Waals surface area contributed by atoms with Crippen molar-refractivity contribution >= 4 is 31.5 Å². The highest BCUT2D eigenvalue weighted by molar-refractivity contribution is 7.25. The van der Waals surface area contributed by atoms with E-state index in [1.54, 1.807) is 0 Å². The van der Waals surface area contributed by atoms with Gasteiger partial charge in [-0.15, -0.1) is 11.3 Å². The Hall–Kier alpha value is -7.79. The van der Waals surface area contributed by atoms with Crippen LogP contribution in [-0.2, 0) is 5.41 Å². The number of hydrogen-bond donors (Lipinski definition) is 0. The molecule has 2 aromatic heterocycles. The summed E-state index contributed by atoms with van der Waals surface area (Å²) in [5.41, 5.74) is 17.5. The Kier molecular flexibility index (Phi) is 7.69. The quantitative estimate of drug-likeness (QED) is 0.174. The highest BCUT2D eigenvalue weighted by Crippen LogP contribution is 2.64. The molecule has 4 heteroatoms.